The maximum atomic E-state index is 5.46. The van der Waals surface area contributed by atoms with Gasteiger partial charge in [0.25, 0.3) is 0 Å². The zero-order valence-corrected chi connectivity index (χ0v) is 11.5. The van der Waals surface area contributed by atoms with Crippen molar-refractivity contribution in [1.29, 1.82) is 0 Å². The van der Waals surface area contributed by atoms with Crippen LogP contribution in [-0.2, 0) is 9.47 Å². The van der Waals surface area contributed by atoms with E-state index in [2.05, 4.69) is 31.2 Å². The molecule has 0 saturated heterocycles. The van der Waals surface area contributed by atoms with Crippen LogP contribution >= 0.6 is 0 Å². The van der Waals surface area contributed by atoms with Crippen molar-refractivity contribution in [2.24, 2.45) is 0 Å². The highest BCUT2D eigenvalue weighted by molar-refractivity contribution is 4.63. The summed E-state index contributed by atoms with van der Waals surface area (Å²) in [7, 11) is 4.19. The molecule has 0 aliphatic heterocycles. The fourth-order valence-electron chi connectivity index (χ4n) is 1.39. The third-order valence-corrected chi connectivity index (χ3v) is 2.35. The summed E-state index contributed by atoms with van der Waals surface area (Å²) in [5.74, 6) is 0. The Morgan fingerprint density at radius 1 is 1.12 bits per heavy atom. The average molecular weight is 232 g/mol. The lowest BCUT2D eigenvalue weighted by molar-refractivity contribution is -0.133. The van der Waals surface area contributed by atoms with Crippen molar-refractivity contribution in [2.45, 2.75) is 39.5 Å². The van der Waals surface area contributed by atoms with Gasteiger partial charge in [-0.05, 0) is 47.8 Å². The van der Waals surface area contributed by atoms with E-state index in [9.17, 15) is 0 Å². The lowest BCUT2D eigenvalue weighted by Crippen LogP contribution is -2.38. The second kappa shape index (κ2) is 10.0. The average Bonchev–Trinajstić information content (AvgIpc) is 2.23. The van der Waals surface area contributed by atoms with Gasteiger partial charge in [-0.25, -0.2) is 0 Å². The van der Waals surface area contributed by atoms with Crippen LogP contribution < -0.4 is 5.32 Å². The molecule has 0 aromatic heterocycles. The van der Waals surface area contributed by atoms with Crippen molar-refractivity contribution in [3.8, 4) is 0 Å². The van der Waals surface area contributed by atoms with Gasteiger partial charge in [0.2, 0.25) is 0 Å². The van der Waals surface area contributed by atoms with Crippen LogP contribution in [-0.4, -0.2) is 57.6 Å². The van der Waals surface area contributed by atoms with Gasteiger partial charge < -0.3 is 19.7 Å². The second-order valence-electron chi connectivity index (χ2n) is 4.24. The Labute approximate surface area is 100 Å². The predicted molar refractivity (Wildman–Crippen MR) is 67.7 cm³/mol. The molecule has 0 aromatic rings. The maximum absolute atomic E-state index is 5.46. The number of nitrogens with one attached hydrogen (secondary N) is 1. The van der Waals surface area contributed by atoms with E-state index in [4.69, 9.17) is 9.47 Å². The Balaban J connectivity index is 3.64. The van der Waals surface area contributed by atoms with Gasteiger partial charge in [-0.15, -0.1) is 0 Å². The standard InChI is InChI=1S/C12H28N2O2/c1-6-15-12(16-7-2)10-13-11(3)8-9-14(4)5/h11-13H,6-10H2,1-5H3. The highest BCUT2D eigenvalue weighted by Gasteiger charge is 2.09. The number of hydrogen-bond acceptors (Lipinski definition) is 4. The summed E-state index contributed by atoms with van der Waals surface area (Å²) in [6.07, 6.45) is 1.02. The fraction of sp³-hybridized carbons (Fsp3) is 1.00. The van der Waals surface area contributed by atoms with Crippen molar-refractivity contribution in [3.05, 3.63) is 0 Å². The van der Waals surface area contributed by atoms with E-state index in [1.165, 1.54) is 0 Å². The van der Waals surface area contributed by atoms with Gasteiger partial charge in [-0.2, -0.15) is 0 Å². The van der Waals surface area contributed by atoms with Gasteiger partial charge in [-0.3, -0.25) is 0 Å². The van der Waals surface area contributed by atoms with Crippen LogP contribution in [0.4, 0.5) is 0 Å². The molecule has 0 saturated carbocycles. The van der Waals surface area contributed by atoms with Crippen LogP contribution in [0.15, 0.2) is 0 Å². The summed E-state index contributed by atoms with van der Waals surface area (Å²) in [5, 5.41) is 3.43. The van der Waals surface area contributed by atoms with Crippen LogP contribution in [0.25, 0.3) is 0 Å². The molecule has 0 aromatic carbocycles. The molecule has 1 atom stereocenters. The molecule has 0 aliphatic carbocycles. The Morgan fingerprint density at radius 2 is 1.69 bits per heavy atom. The lowest BCUT2D eigenvalue weighted by atomic mass is 10.2. The summed E-state index contributed by atoms with van der Waals surface area (Å²) in [6, 6.07) is 0.491. The second-order valence-corrected chi connectivity index (χ2v) is 4.24. The van der Waals surface area contributed by atoms with Gasteiger partial charge >= 0.3 is 0 Å². The highest BCUT2D eigenvalue weighted by atomic mass is 16.7. The van der Waals surface area contributed by atoms with E-state index < -0.39 is 0 Å². The molecule has 16 heavy (non-hydrogen) atoms. The van der Waals surface area contributed by atoms with Gasteiger partial charge in [0.15, 0.2) is 6.29 Å². The molecule has 0 fully saturated rings. The summed E-state index contributed by atoms with van der Waals surface area (Å²) in [4.78, 5) is 2.20. The first kappa shape index (κ1) is 15.8. The minimum absolute atomic E-state index is 0.114. The van der Waals surface area contributed by atoms with Crippen LogP contribution in [0.2, 0.25) is 0 Å². The fourth-order valence-corrected chi connectivity index (χ4v) is 1.39. The van der Waals surface area contributed by atoms with E-state index in [1.54, 1.807) is 0 Å². The Hall–Kier alpha value is -0.160. The first-order valence-corrected chi connectivity index (χ1v) is 6.21. The SMILES string of the molecule is CCOC(CNC(C)CCN(C)C)OCC. The molecule has 0 amide bonds. The van der Waals surface area contributed by atoms with Gasteiger partial charge in [-0.1, -0.05) is 0 Å². The minimum atomic E-state index is -0.114. The smallest absolute Gasteiger partial charge is 0.169 e. The molecule has 0 rings (SSSR count). The van der Waals surface area contributed by atoms with E-state index in [0.717, 1.165) is 19.5 Å². The van der Waals surface area contributed by atoms with Gasteiger partial charge in [0.05, 0.1) is 0 Å². The molecule has 0 spiro atoms. The molecule has 98 valence electrons. The molecule has 1 unspecified atom stereocenters. The van der Waals surface area contributed by atoms with Crippen molar-refractivity contribution >= 4 is 0 Å². The van der Waals surface area contributed by atoms with E-state index in [0.29, 0.717) is 19.3 Å². The number of nitrogens with zero attached hydrogens (tertiary/aromatic N) is 1. The van der Waals surface area contributed by atoms with Crippen molar-refractivity contribution in [3.63, 3.8) is 0 Å². The van der Waals surface area contributed by atoms with Crippen molar-refractivity contribution in [2.75, 3.05) is 40.4 Å². The Morgan fingerprint density at radius 3 is 2.12 bits per heavy atom. The maximum Gasteiger partial charge on any atom is 0.169 e. The number of ether oxygens (including phenoxy) is 2. The largest absolute Gasteiger partial charge is 0.352 e. The van der Waals surface area contributed by atoms with Crippen LogP contribution in [0.5, 0.6) is 0 Å². The predicted octanol–water partition coefficient (Wildman–Crippen LogP) is 1.32. The van der Waals surface area contributed by atoms with Gasteiger partial charge in [0.1, 0.15) is 0 Å². The molecule has 4 nitrogen and oxygen atoms in total. The summed E-state index contributed by atoms with van der Waals surface area (Å²) in [5.41, 5.74) is 0. The first-order chi connectivity index (χ1) is 7.60. The van der Waals surface area contributed by atoms with Crippen LogP contribution in [0.3, 0.4) is 0 Å². The molecular formula is C12H28N2O2. The molecule has 0 heterocycles. The summed E-state index contributed by atoms with van der Waals surface area (Å²) >= 11 is 0. The van der Waals surface area contributed by atoms with Crippen LogP contribution in [0.1, 0.15) is 27.2 Å². The third-order valence-electron chi connectivity index (χ3n) is 2.35. The normalized spacial score (nSPS) is 13.7. The lowest BCUT2D eigenvalue weighted by Gasteiger charge is -2.21. The monoisotopic (exact) mass is 232 g/mol. The number of hydrogen-bond donors (Lipinski definition) is 1. The topological polar surface area (TPSA) is 33.7 Å². The van der Waals surface area contributed by atoms with Crippen molar-refractivity contribution in [1.82, 2.24) is 10.2 Å². The zero-order valence-electron chi connectivity index (χ0n) is 11.5. The zero-order chi connectivity index (χ0) is 12.4. The van der Waals surface area contributed by atoms with Crippen LogP contribution in [0, 0.1) is 0 Å². The molecule has 1 N–H and O–H groups in total. The number of rotatable bonds is 10. The molecular weight excluding hydrogens is 204 g/mol. The molecule has 0 bridgehead atoms. The van der Waals surface area contributed by atoms with E-state index in [1.807, 2.05) is 13.8 Å². The first-order valence-electron chi connectivity index (χ1n) is 6.21. The van der Waals surface area contributed by atoms with Crippen molar-refractivity contribution < 1.29 is 9.47 Å². The van der Waals surface area contributed by atoms with E-state index in [-0.39, 0.29) is 6.29 Å². The summed E-state index contributed by atoms with van der Waals surface area (Å²) < 4.78 is 10.9. The third kappa shape index (κ3) is 9.09. The molecule has 0 radical (unpaired) electrons. The minimum Gasteiger partial charge on any atom is -0.352 e. The Kier molecular flexibility index (Phi) is 9.92. The van der Waals surface area contributed by atoms with E-state index >= 15 is 0 Å². The molecule has 0 aliphatic rings. The highest BCUT2D eigenvalue weighted by Crippen LogP contribution is 1.97. The quantitative estimate of drug-likeness (QED) is 0.576. The van der Waals surface area contributed by atoms with Gasteiger partial charge in [0, 0.05) is 25.8 Å². The molecule has 4 heteroatoms. The summed E-state index contributed by atoms with van der Waals surface area (Å²) in [6.45, 7) is 9.41. The Bertz CT molecular complexity index is 148.